The van der Waals surface area contributed by atoms with E-state index in [2.05, 4.69) is 20.6 Å². The van der Waals surface area contributed by atoms with Gasteiger partial charge in [-0.2, -0.15) is 0 Å². The number of anilines is 1. The lowest BCUT2D eigenvalue weighted by Crippen LogP contribution is -2.25. The van der Waals surface area contributed by atoms with Gasteiger partial charge in [0.25, 0.3) is 11.8 Å². The van der Waals surface area contributed by atoms with E-state index >= 15 is 0 Å². The Kier molecular flexibility index (Phi) is 5.33. The third-order valence-corrected chi connectivity index (χ3v) is 4.82. The fourth-order valence-electron chi connectivity index (χ4n) is 3.42. The Labute approximate surface area is 167 Å². The van der Waals surface area contributed by atoms with Crippen molar-refractivity contribution in [2.75, 3.05) is 5.32 Å². The van der Waals surface area contributed by atoms with Crippen LogP contribution in [0.25, 0.3) is 0 Å². The molecule has 0 unspecified atom stereocenters. The maximum Gasteiger partial charge on any atom is 0.291 e. The zero-order valence-corrected chi connectivity index (χ0v) is 15.7. The minimum Gasteiger partial charge on any atom is -0.347 e. The number of amides is 2. The highest BCUT2D eigenvalue weighted by atomic mass is 19.1. The van der Waals surface area contributed by atoms with E-state index in [0.717, 1.165) is 24.1 Å². The summed E-state index contributed by atoms with van der Waals surface area (Å²) in [6, 6.07) is 9.30. The quantitative estimate of drug-likeness (QED) is 0.698. The van der Waals surface area contributed by atoms with E-state index in [-0.39, 0.29) is 17.4 Å². The molecule has 0 fully saturated rings. The molecule has 1 aromatic carbocycles. The van der Waals surface area contributed by atoms with E-state index in [1.807, 2.05) is 12.1 Å². The minimum absolute atomic E-state index is 0.165. The molecule has 2 N–H and O–H groups in total. The number of nitrogens with one attached hydrogen (secondary N) is 2. The van der Waals surface area contributed by atoms with Crippen LogP contribution in [0.5, 0.6) is 0 Å². The SMILES string of the molecule is O=C(NCc1ccncc1)c1nc(C(=O)Nc2cccc(F)c2)n2c1CCCC2. The molecule has 148 valence electrons. The van der Waals surface area contributed by atoms with Crippen LogP contribution >= 0.6 is 0 Å². The fraction of sp³-hybridized carbons (Fsp3) is 0.238. The van der Waals surface area contributed by atoms with Gasteiger partial charge in [-0.1, -0.05) is 6.07 Å². The average molecular weight is 393 g/mol. The number of imidazole rings is 1. The van der Waals surface area contributed by atoms with Crippen molar-refractivity contribution in [2.24, 2.45) is 0 Å². The number of hydrogen-bond donors (Lipinski definition) is 2. The van der Waals surface area contributed by atoms with Crippen LogP contribution in [-0.2, 0) is 19.5 Å². The van der Waals surface area contributed by atoms with Gasteiger partial charge < -0.3 is 15.2 Å². The standard InChI is InChI=1S/C21H20FN5O2/c22-15-4-3-5-16(12-15)25-21(29)19-26-18(17-6-1-2-11-27(17)19)20(28)24-13-14-7-9-23-10-8-14/h3-5,7-10,12H,1-2,6,11,13H2,(H,24,28)(H,25,29). The van der Waals surface area contributed by atoms with E-state index < -0.39 is 11.7 Å². The van der Waals surface area contributed by atoms with Gasteiger partial charge in [0.2, 0.25) is 0 Å². The predicted molar refractivity (Wildman–Crippen MR) is 105 cm³/mol. The average Bonchev–Trinajstić information content (AvgIpc) is 3.13. The molecule has 0 aliphatic carbocycles. The van der Waals surface area contributed by atoms with E-state index in [9.17, 15) is 14.0 Å². The third-order valence-electron chi connectivity index (χ3n) is 4.82. The van der Waals surface area contributed by atoms with E-state index in [1.54, 1.807) is 23.0 Å². The second-order valence-electron chi connectivity index (χ2n) is 6.84. The largest absolute Gasteiger partial charge is 0.347 e. The number of nitrogens with zero attached hydrogens (tertiary/aromatic N) is 3. The second kappa shape index (κ2) is 8.22. The first kappa shape index (κ1) is 18.8. The normalized spacial score (nSPS) is 12.9. The van der Waals surface area contributed by atoms with Gasteiger partial charge in [-0.3, -0.25) is 14.6 Å². The van der Waals surface area contributed by atoms with Crippen LogP contribution in [0.4, 0.5) is 10.1 Å². The van der Waals surface area contributed by atoms with E-state index in [0.29, 0.717) is 25.2 Å². The van der Waals surface area contributed by atoms with Crippen molar-refractivity contribution in [2.45, 2.75) is 32.4 Å². The first-order valence-corrected chi connectivity index (χ1v) is 9.45. The number of hydrogen-bond acceptors (Lipinski definition) is 4. The number of carbonyl (C=O) groups excluding carboxylic acids is 2. The van der Waals surface area contributed by atoms with E-state index in [1.165, 1.54) is 18.2 Å². The zero-order valence-electron chi connectivity index (χ0n) is 15.7. The van der Waals surface area contributed by atoms with Crippen molar-refractivity contribution in [1.29, 1.82) is 0 Å². The Morgan fingerprint density at radius 1 is 1.10 bits per heavy atom. The Bertz CT molecular complexity index is 1050. The number of fused-ring (bicyclic) bond motifs is 1. The molecular formula is C21H20FN5O2. The van der Waals surface area contributed by atoms with Crippen LogP contribution in [0.2, 0.25) is 0 Å². The van der Waals surface area contributed by atoms with Crippen molar-refractivity contribution in [3.63, 3.8) is 0 Å². The predicted octanol–water partition coefficient (Wildman–Crippen LogP) is 2.94. The van der Waals surface area contributed by atoms with Crippen LogP contribution in [0.1, 0.15) is 45.2 Å². The molecule has 1 aliphatic heterocycles. The van der Waals surface area contributed by atoms with Crippen molar-refractivity contribution >= 4 is 17.5 Å². The summed E-state index contributed by atoms with van der Waals surface area (Å²) >= 11 is 0. The Balaban J connectivity index is 1.56. The first-order chi connectivity index (χ1) is 14.1. The van der Waals surface area contributed by atoms with Crippen LogP contribution < -0.4 is 10.6 Å². The van der Waals surface area contributed by atoms with Gasteiger partial charge in [-0.05, 0) is 55.2 Å². The maximum atomic E-state index is 13.4. The van der Waals surface area contributed by atoms with Crippen LogP contribution in [0, 0.1) is 5.82 Å². The number of pyridine rings is 1. The fourth-order valence-corrected chi connectivity index (χ4v) is 3.42. The molecule has 2 aromatic heterocycles. The number of halogens is 1. The molecule has 3 heterocycles. The third kappa shape index (κ3) is 4.16. The summed E-state index contributed by atoms with van der Waals surface area (Å²) < 4.78 is 15.2. The second-order valence-corrected chi connectivity index (χ2v) is 6.84. The molecule has 0 bridgehead atoms. The molecule has 0 radical (unpaired) electrons. The zero-order chi connectivity index (χ0) is 20.2. The molecule has 0 atom stereocenters. The Morgan fingerprint density at radius 2 is 1.93 bits per heavy atom. The van der Waals surface area contributed by atoms with Crippen molar-refractivity contribution in [3.05, 3.63) is 77.4 Å². The summed E-state index contributed by atoms with van der Waals surface area (Å²) in [4.78, 5) is 33.8. The molecule has 8 heteroatoms. The lowest BCUT2D eigenvalue weighted by atomic mass is 10.1. The van der Waals surface area contributed by atoms with E-state index in [4.69, 9.17) is 0 Å². The Morgan fingerprint density at radius 3 is 2.72 bits per heavy atom. The van der Waals surface area contributed by atoms with Crippen LogP contribution in [0.3, 0.4) is 0 Å². The first-order valence-electron chi connectivity index (χ1n) is 9.45. The summed E-state index contributed by atoms with van der Waals surface area (Å²) in [5.74, 6) is -1.06. The molecule has 1 aliphatic rings. The van der Waals surface area contributed by atoms with Gasteiger partial charge in [-0.25, -0.2) is 9.37 Å². The van der Waals surface area contributed by atoms with Crippen molar-refractivity contribution < 1.29 is 14.0 Å². The monoisotopic (exact) mass is 393 g/mol. The highest BCUT2D eigenvalue weighted by Gasteiger charge is 2.27. The Hall–Kier alpha value is -3.55. The summed E-state index contributed by atoms with van der Waals surface area (Å²) in [5.41, 5.74) is 2.29. The van der Waals surface area contributed by atoms with Gasteiger partial charge in [0, 0.05) is 31.2 Å². The summed E-state index contributed by atoms with van der Waals surface area (Å²) in [6.45, 7) is 0.963. The van der Waals surface area contributed by atoms with Gasteiger partial charge in [-0.15, -0.1) is 0 Å². The topological polar surface area (TPSA) is 88.9 Å². The van der Waals surface area contributed by atoms with Gasteiger partial charge in [0.05, 0.1) is 5.69 Å². The highest BCUT2D eigenvalue weighted by molar-refractivity contribution is 6.03. The molecule has 0 spiro atoms. The number of aromatic nitrogens is 3. The summed E-state index contributed by atoms with van der Waals surface area (Å²) in [5, 5.41) is 5.51. The van der Waals surface area contributed by atoms with Gasteiger partial charge in [0.15, 0.2) is 5.82 Å². The van der Waals surface area contributed by atoms with Crippen LogP contribution in [-0.4, -0.2) is 26.3 Å². The lowest BCUT2D eigenvalue weighted by molar-refractivity contribution is 0.0945. The molecule has 0 saturated heterocycles. The molecule has 2 amide bonds. The van der Waals surface area contributed by atoms with Crippen molar-refractivity contribution in [3.8, 4) is 0 Å². The molecule has 29 heavy (non-hydrogen) atoms. The highest BCUT2D eigenvalue weighted by Crippen LogP contribution is 2.22. The molecule has 0 saturated carbocycles. The number of benzene rings is 1. The summed E-state index contributed by atoms with van der Waals surface area (Å²) in [6.07, 6.45) is 5.84. The van der Waals surface area contributed by atoms with Crippen LogP contribution in [0.15, 0.2) is 48.8 Å². The van der Waals surface area contributed by atoms with Gasteiger partial charge >= 0.3 is 0 Å². The maximum absolute atomic E-state index is 13.4. The smallest absolute Gasteiger partial charge is 0.291 e. The summed E-state index contributed by atoms with van der Waals surface area (Å²) in [7, 11) is 0. The molecule has 7 nitrogen and oxygen atoms in total. The molecule has 3 aromatic rings. The number of carbonyl (C=O) groups is 2. The molecule has 4 rings (SSSR count). The molecular weight excluding hydrogens is 373 g/mol. The van der Waals surface area contributed by atoms with Crippen molar-refractivity contribution in [1.82, 2.24) is 19.9 Å². The minimum atomic E-state index is -0.466. The number of rotatable bonds is 5. The van der Waals surface area contributed by atoms with Gasteiger partial charge in [0.1, 0.15) is 11.5 Å². The lowest BCUT2D eigenvalue weighted by Gasteiger charge is -2.17.